The number of amides is 1. The smallest absolute Gasteiger partial charge is 0.273 e. The van der Waals surface area contributed by atoms with Crippen molar-refractivity contribution in [2.45, 2.75) is 4.21 Å². The Kier molecular flexibility index (Phi) is 5.93. The van der Waals surface area contributed by atoms with E-state index in [1.165, 1.54) is 6.07 Å². The normalized spacial score (nSPS) is 14.6. The van der Waals surface area contributed by atoms with E-state index in [2.05, 4.69) is 14.6 Å². The van der Waals surface area contributed by atoms with Gasteiger partial charge in [-0.1, -0.05) is 18.2 Å². The number of aromatic nitrogens is 1. The van der Waals surface area contributed by atoms with Gasteiger partial charge in [-0.2, -0.15) is 0 Å². The lowest BCUT2D eigenvalue weighted by molar-refractivity contribution is 0.0741. The van der Waals surface area contributed by atoms with Gasteiger partial charge in [0.2, 0.25) is 0 Å². The molecule has 0 unspecified atom stereocenters. The standard InChI is InChI=1S/C19H20N4O4S3/c1-27-16-6-3-2-5-15(16)22-8-10-23(11-9-22)18(24)14-13-29-19(20-14)21-30(25,26)17-7-4-12-28-17/h2-7,12-13H,8-11H2,1H3,(H,20,21). The van der Waals surface area contributed by atoms with Crippen molar-refractivity contribution in [3.8, 4) is 5.75 Å². The molecule has 1 saturated heterocycles. The maximum Gasteiger partial charge on any atom is 0.273 e. The van der Waals surface area contributed by atoms with Crippen molar-refractivity contribution in [1.82, 2.24) is 9.88 Å². The first kappa shape index (κ1) is 20.6. The monoisotopic (exact) mass is 464 g/mol. The van der Waals surface area contributed by atoms with Gasteiger partial charge in [0.25, 0.3) is 15.9 Å². The molecule has 11 heteroatoms. The van der Waals surface area contributed by atoms with Gasteiger partial charge in [-0.3, -0.25) is 9.52 Å². The van der Waals surface area contributed by atoms with Gasteiger partial charge in [-0.05, 0) is 23.6 Å². The molecule has 1 aliphatic rings. The minimum Gasteiger partial charge on any atom is -0.495 e. The number of thiazole rings is 1. The second-order valence-electron chi connectivity index (χ2n) is 6.53. The van der Waals surface area contributed by atoms with Crippen LogP contribution in [0.3, 0.4) is 0 Å². The highest BCUT2D eigenvalue weighted by Gasteiger charge is 2.26. The first-order valence-electron chi connectivity index (χ1n) is 9.17. The van der Waals surface area contributed by atoms with Gasteiger partial charge in [-0.15, -0.1) is 22.7 Å². The molecule has 1 N–H and O–H groups in total. The molecule has 0 bridgehead atoms. The molecule has 3 aromatic rings. The van der Waals surface area contributed by atoms with Crippen LogP contribution in [0.15, 0.2) is 51.4 Å². The highest BCUT2D eigenvalue weighted by molar-refractivity contribution is 7.94. The Bertz CT molecular complexity index is 1120. The first-order valence-corrected chi connectivity index (χ1v) is 12.4. The van der Waals surface area contributed by atoms with E-state index in [1.54, 1.807) is 28.8 Å². The fourth-order valence-corrected chi connectivity index (χ4v) is 6.13. The maximum absolute atomic E-state index is 12.8. The van der Waals surface area contributed by atoms with Crippen molar-refractivity contribution in [3.05, 3.63) is 52.9 Å². The van der Waals surface area contributed by atoms with E-state index in [0.29, 0.717) is 26.2 Å². The predicted molar refractivity (Wildman–Crippen MR) is 118 cm³/mol. The van der Waals surface area contributed by atoms with Gasteiger partial charge in [0.05, 0.1) is 12.8 Å². The van der Waals surface area contributed by atoms with Crippen molar-refractivity contribution in [2.24, 2.45) is 0 Å². The van der Waals surface area contributed by atoms with Crippen molar-refractivity contribution < 1.29 is 17.9 Å². The Morgan fingerprint density at radius 1 is 1.10 bits per heavy atom. The molecule has 2 aromatic heterocycles. The Hall–Kier alpha value is -2.63. The number of benzene rings is 1. The number of carbonyl (C=O) groups is 1. The number of nitrogens with one attached hydrogen (secondary N) is 1. The predicted octanol–water partition coefficient (Wildman–Crippen LogP) is 2.98. The third-order valence-electron chi connectivity index (χ3n) is 4.70. The zero-order valence-electron chi connectivity index (χ0n) is 16.1. The number of hydrogen-bond donors (Lipinski definition) is 1. The third kappa shape index (κ3) is 4.27. The number of methoxy groups -OCH3 is 1. The summed E-state index contributed by atoms with van der Waals surface area (Å²) in [7, 11) is -2.03. The first-order chi connectivity index (χ1) is 14.5. The van der Waals surface area contributed by atoms with E-state index in [0.717, 1.165) is 34.1 Å². The molecule has 158 valence electrons. The summed E-state index contributed by atoms with van der Waals surface area (Å²) in [5.41, 5.74) is 1.25. The molecular weight excluding hydrogens is 444 g/mol. The van der Waals surface area contributed by atoms with Crippen LogP contribution in [0.1, 0.15) is 10.5 Å². The van der Waals surface area contributed by atoms with E-state index in [1.807, 2.05) is 24.3 Å². The molecule has 1 fully saturated rings. The highest BCUT2D eigenvalue weighted by Crippen LogP contribution is 2.29. The average molecular weight is 465 g/mol. The number of para-hydroxylation sites is 2. The van der Waals surface area contributed by atoms with Crippen LogP contribution in [0.2, 0.25) is 0 Å². The van der Waals surface area contributed by atoms with Crippen LogP contribution in [0.5, 0.6) is 5.75 Å². The van der Waals surface area contributed by atoms with Crippen molar-refractivity contribution in [1.29, 1.82) is 0 Å². The van der Waals surface area contributed by atoms with Crippen molar-refractivity contribution in [3.63, 3.8) is 0 Å². The lowest BCUT2D eigenvalue weighted by atomic mass is 10.2. The fraction of sp³-hybridized carbons (Fsp3) is 0.263. The second kappa shape index (κ2) is 8.62. The molecule has 0 spiro atoms. The molecule has 4 rings (SSSR count). The summed E-state index contributed by atoms with van der Waals surface area (Å²) >= 11 is 2.22. The zero-order chi connectivity index (χ0) is 21.1. The van der Waals surface area contributed by atoms with Crippen molar-refractivity contribution >= 4 is 49.4 Å². The van der Waals surface area contributed by atoms with Crippen LogP contribution in [-0.4, -0.2) is 57.5 Å². The molecule has 1 aromatic carbocycles. The molecule has 0 aliphatic carbocycles. The van der Waals surface area contributed by atoms with Crippen LogP contribution in [0.25, 0.3) is 0 Å². The van der Waals surface area contributed by atoms with Crippen LogP contribution in [0.4, 0.5) is 10.8 Å². The van der Waals surface area contributed by atoms with Crippen LogP contribution in [0, 0.1) is 0 Å². The lowest BCUT2D eigenvalue weighted by Gasteiger charge is -2.36. The number of ether oxygens (including phenoxy) is 1. The molecule has 0 saturated carbocycles. The molecule has 3 heterocycles. The summed E-state index contributed by atoms with van der Waals surface area (Å²) in [6, 6.07) is 11.0. The SMILES string of the molecule is COc1ccccc1N1CCN(C(=O)c2csc(NS(=O)(=O)c3cccs3)n2)CC1. The number of piperazine rings is 1. The molecule has 0 radical (unpaired) electrons. The second-order valence-corrected chi connectivity index (χ2v) is 10.2. The highest BCUT2D eigenvalue weighted by atomic mass is 32.2. The Labute approximate surface area is 182 Å². The van der Waals surface area contributed by atoms with Gasteiger partial charge in [0, 0.05) is 31.6 Å². The number of anilines is 2. The van der Waals surface area contributed by atoms with Gasteiger partial charge < -0.3 is 14.5 Å². The van der Waals surface area contributed by atoms with E-state index in [-0.39, 0.29) is 20.9 Å². The molecular formula is C19H20N4O4S3. The largest absolute Gasteiger partial charge is 0.495 e. The average Bonchev–Trinajstić information content (AvgIpc) is 3.46. The van der Waals surface area contributed by atoms with Crippen LogP contribution < -0.4 is 14.4 Å². The van der Waals surface area contributed by atoms with E-state index >= 15 is 0 Å². The van der Waals surface area contributed by atoms with Crippen molar-refractivity contribution in [2.75, 3.05) is 42.9 Å². The van der Waals surface area contributed by atoms with Gasteiger partial charge >= 0.3 is 0 Å². The third-order valence-corrected chi connectivity index (χ3v) is 8.32. The quantitative estimate of drug-likeness (QED) is 0.603. The minimum atomic E-state index is -3.68. The summed E-state index contributed by atoms with van der Waals surface area (Å²) in [6.07, 6.45) is 0. The van der Waals surface area contributed by atoms with Crippen LogP contribution >= 0.6 is 22.7 Å². The number of hydrogen-bond acceptors (Lipinski definition) is 8. The topological polar surface area (TPSA) is 91.8 Å². The molecule has 30 heavy (non-hydrogen) atoms. The van der Waals surface area contributed by atoms with E-state index in [4.69, 9.17) is 4.74 Å². The molecule has 8 nitrogen and oxygen atoms in total. The fourth-order valence-electron chi connectivity index (χ4n) is 3.20. The lowest BCUT2D eigenvalue weighted by Crippen LogP contribution is -2.49. The van der Waals surface area contributed by atoms with Crippen LogP contribution in [-0.2, 0) is 10.0 Å². The summed E-state index contributed by atoms with van der Waals surface area (Å²) in [5, 5.41) is 3.46. The number of rotatable bonds is 6. The summed E-state index contributed by atoms with van der Waals surface area (Å²) in [5.74, 6) is 0.604. The summed E-state index contributed by atoms with van der Waals surface area (Å²) in [4.78, 5) is 20.9. The van der Waals surface area contributed by atoms with Gasteiger partial charge in [-0.25, -0.2) is 13.4 Å². The molecule has 1 aliphatic heterocycles. The van der Waals surface area contributed by atoms with Gasteiger partial charge in [0.15, 0.2) is 5.13 Å². The Balaban J connectivity index is 1.39. The summed E-state index contributed by atoms with van der Waals surface area (Å²) < 4.78 is 32.7. The maximum atomic E-state index is 12.8. The number of carbonyl (C=O) groups excluding carboxylic acids is 1. The minimum absolute atomic E-state index is 0.180. The molecule has 0 atom stereocenters. The zero-order valence-corrected chi connectivity index (χ0v) is 18.6. The number of nitrogens with zero attached hydrogens (tertiary/aromatic N) is 3. The number of thiophene rings is 1. The van der Waals surface area contributed by atoms with Gasteiger partial charge in [0.1, 0.15) is 15.7 Å². The molecule has 1 amide bonds. The number of sulfonamides is 1. The Morgan fingerprint density at radius 3 is 2.57 bits per heavy atom. The van der Waals surface area contributed by atoms with E-state index in [9.17, 15) is 13.2 Å². The Morgan fingerprint density at radius 2 is 1.87 bits per heavy atom. The summed E-state index contributed by atoms with van der Waals surface area (Å²) in [6.45, 7) is 2.44. The van der Waals surface area contributed by atoms with E-state index < -0.39 is 10.0 Å².